The van der Waals surface area contributed by atoms with E-state index in [4.69, 9.17) is 23.2 Å². The van der Waals surface area contributed by atoms with Crippen LogP contribution >= 0.6 is 23.2 Å². The molecular weight excluding hydrogens is 514 g/mol. The van der Waals surface area contributed by atoms with E-state index in [1.807, 2.05) is 34.9 Å². The minimum atomic E-state index is -0.275. The lowest BCUT2D eigenvalue weighted by Gasteiger charge is -2.48. The molecular formula is C28H33Cl2FN4O2. The second-order valence-corrected chi connectivity index (χ2v) is 11.5. The number of piperazine rings is 1. The predicted molar refractivity (Wildman–Crippen MR) is 143 cm³/mol. The van der Waals surface area contributed by atoms with Gasteiger partial charge in [0.15, 0.2) is 0 Å². The topological polar surface area (TPSA) is 47.1 Å². The molecule has 3 saturated heterocycles. The normalized spacial score (nSPS) is 24.4. The Kier molecular flexibility index (Phi) is 7.66. The quantitative estimate of drug-likeness (QED) is 0.508. The molecule has 37 heavy (non-hydrogen) atoms. The zero-order valence-corrected chi connectivity index (χ0v) is 22.8. The van der Waals surface area contributed by atoms with Gasteiger partial charge in [-0.15, -0.1) is 0 Å². The largest absolute Gasteiger partial charge is 0.337 e. The van der Waals surface area contributed by atoms with Crippen LogP contribution in [-0.2, 0) is 11.3 Å². The molecule has 0 aromatic heterocycles. The summed E-state index contributed by atoms with van der Waals surface area (Å²) < 4.78 is 14.0. The highest BCUT2D eigenvalue weighted by atomic mass is 35.5. The van der Waals surface area contributed by atoms with Crippen molar-refractivity contribution in [3.05, 3.63) is 69.0 Å². The summed E-state index contributed by atoms with van der Waals surface area (Å²) in [6.45, 7) is 5.40. The summed E-state index contributed by atoms with van der Waals surface area (Å²) in [5.74, 6) is -0.00244. The molecule has 5 rings (SSSR count). The van der Waals surface area contributed by atoms with Gasteiger partial charge in [-0.2, -0.15) is 0 Å². The van der Waals surface area contributed by atoms with Crippen LogP contribution in [0, 0.1) is 12.7 Å². The van der Waals surface area contributed by atoms with Crippen LogP contribution in [0.3, 0.4) is 0 Å². The number of carbonyl (C=O) groups excluding carboxylic acids is 2. The third-order valence-electron chi connectivity index (χ3n) is 8.12. The molecule has 2 aromatic carbocycles. The molecule has 0 spiro atoms. The molecule has 3 fully saturated rings. The van der Waals surface area contributed by atoms with Gasteiger partial charge in [-0.05, 0) is 73.2 Å². The van der Waals surface area contributed by atoms with E-state index in [9.17, 15) is 14.0 Å². The number of urea groups is 1. The van der Waals surface area contributed by atoms with Crippen LogP contribution in [0.25, 0.3) is 0 Å². The number of rotatable bonds is 4. The first kappa shape index (κ1) is 26.3. The van der Waals surface area contributed by atoms with Crippen molar-refractivity contribution in [2.24, 2.45) is 0 Å². The number of piperidine rings is 1. The summed E-state index contributed by atoms with van der Waals surface area (Å²) in [6, 6.07) is 10.5. The van der Waals surface area contributed by atoms with Gasteiger partial charge in [0.2, 0.25) is 5.91 Å². The van der Waals surface area contributed by atoms with E-state index >= 15 is 0 Å². The van der Waals surface area contributed by atoms with Gasteiger partial charge in [0.05, 0.1) is 6.04 Å². The van der Waals surface area contributed by atoms with Gasteiger partial charge < -0.3 is 14.7 Å². The van der Waals surface area contributed by atoms with Crippen LogP contribution in [0.15, 0.2) is 36.4 Å². The molecule has 2 aromatic rings. The summed E-state index contributed by atoms with van der Waals surface area (Å²) in [6.07, 6.45) is 3.20. The molecule has 3 atom stereocenters. The van der Waals surface area contributed by atoms with Crippen LogP contribution in [0.5, 0.6) is 0 Å². The Morgan fingerprint density at radius 2 is 1.81 bits per heavy atom. The monoisotopic (exact) mass is 546 g/mol. The third-order valence-corrected chi connectivity index (χ3v) is 8.56. The first-order valence-corrected chi connectivity index (χ1v) is 13.7. The molecule has 3 aliphatic rings. The Morgan fingerprint density at radius 3 is 2.54 bits per heavy atom. The fourth-order valence-corrected chi connectivity index (χ4v) is 6.87. The van der Waals surface area contributed by atoms with E-state index in [-0.39, 0.29) is 23.8 Å². The van der Waals surface area contributed by atoms with Gasteiger partial charge in [-0.1, -0.05) is 29.3 Å². The van der Waals surface area contributed by atoms with Gasteiger partial charge in [0, 0.05) is 68.3 Å². The van der Waals surface area contributed by atoms with Crippen molar-refractivity contribution in [2.75, 3.05) is 33.2 Å². The standard InChI is InChI=1S/C28H33Cl2FN4O2/c1-18-11-22(31)3-5-25(18)26-15-23(33-9-10-34-24(17-33)4-6-27(34)36)7-8-35(26)28(37)32(2)16-19-12-20(29)14-21(30)13-19/h3,5,11-14,23-24,26H,4,6-10,15-17H2,1-2H3/t23-,24+,26-/m1/s1. The molecule has 3 aliphatic heterocycles. The number of halogens is 3. The number of carbonyl (C=O) groups is 2. The maximum Gasteiger partial charge on any atom is 0.320 e. The number of likely N-dealkylation sites (tertiary alicyclic amines) is 1. The van der Waals surface area contributed by atoms with Crippen LogP contribution in [0.1, 0.15) is 48.4 Å². The van der Waals surface area contributed by atoms with Crippen LogP contribution in [0.4, 0.5) is 9.18 Å². The Hall–Kier alpha value is -2.35. The van der Waals surface area contributed by atoms with E-state index in [2.05, 4.69) is 4.90 Å². The highest BCUT2D eigenvalue weighted by molar-refractivity contribution is 6.34. The number of hydrogen-bond donors (Lipinski definition) is 0. The van der Waals surface area contributed by atoms with Gasteiger partial charge in [-0.3, -0.25) is 9.69 Å². The summed E-state index contributed by atoms with van der Waals surface area (Å²) >= 11 is 12.3. The van der Waals surface area contributed by atoms with Crippen molar-refractivity contribution in [3.63, 3.8) is 0 Å². The molecule has 0 aliphatic carbocycles. The Balaban J connectivity index is 1.36. The molecule has 0 saturated carbocycles. The van der Waals surface area contributed by atoms with Gasteiger partial charge in [0.1, 0.15) is 5.82 Å². The zero-order chi connectivity index (χ0) is 26.3. The van der Waals surface area contributed by atoms with Crippen molar-refractivity contribution in [1.29, 1.82) is 0 Å². The lowest BCUT2D eigenvalue weighted by Crippen LogP contribution is -2.57. The minimum absolute atomic E-state index is 0.0746. The summed E-state index contributed by atoms with van der Waals surface area (Å²) in [4.78, 5) is 34.1. The number of fused-ring (bicyclic) bond motifs is 1. The Labute approximate surface area is 227 Å². The van der Waals surface area contributed by atoms with E-state index in [1.54, 1.807) is 24.1 Å². The first-order chi connectivity index (χ1) is 17.7. The lowest BCUT2D eigenvalue weighted by molar-refractivity contribution is -0.131. The average Bonchev–Trinajstić information content (AvgIpc) is 3.22. The molecule has 0 N–H and O–H groups in total. The number of hydrogen-bond acceptors (Lipinski definition) is 3. The number of nitrogens with zero attached hydrogens (tertiary/aromatic N) is 4. The Bertz CT molecular complexity index is 1170. The zero-order valence-electron chi connectivity index (χ0n) is 21.3. The highest BCUT2D eigenvalue weighted by Gasteiger charge is 2.41. The molecule has 0 bridgehead atoms. The maximum atomic E-state index is 14.0. The van der Waals surface area contributed by atoms with E-state index in [0.29, 0.717) is 41.6 Å². The van der Waals surface area contributed by atoms with Gasteiger partial charge in [-0.25, -0.2) is 9.18 Å². The molecule has 0 radical (unpaired) electrons. The molecule has 9 heteroatoms. The summed E-state index contributed by atoms with van der Waals surface area (Å²) in [5, 5.41) is 1.07. The third kappa shape index (κ3) is 5.59. The fourth-order valence-electron chi connectivity index (χ4n) is 6.30. The first-order valence-electron chi connectivity index (χ1n) is 13.0. The van der Waals surface area contributed by atoms with Crippen molar-refractivity contribution in [2.45, 2.75) is 57.3 Å². The maximum absolute atomic E-state index is 14.0. The number of benzene rings is 2. The molecule has 3 heterocycles. The average molecular weight is 548 g/mol. The van der Waals surface area contributed by atoms with Crippen LogP contribution in [0.2, 0.25) is 10.0 Å². The SMILES string of the molecule is Cc1cc(F)ccc1[C@H]1C[C@H](N2CCN3C(=O)CC[C@H]3C2)CCN1C(=O)N(C)Cc1cc(Cl)cc(Cl)c1. The smallest absolute Gasteiger partial charge is 0.320 e. The van der Waals surface area contributed by atoms with Gasteiger partial charge >= 0.3 is 6.03 Å². The van der Waals surface area contributed by atoms with Gasteiger partial charge in [0.25, 0.3) is 0 Å². The van der Waals surface area contributed by atoms with Crippen LogP contribution < -0.4 is 0 Å². The number of amides is 3. The fraction of sp³-hybridized carbons (Fsp3) is 0.500. The molecule has 0 unspecified atom stereocenters. The highest BCUT2D eigenvalue weighted by Crippen LogP contribution is 2.37. The van der Waals surface area contributed by atoms with Crippen molar-refractivity contribution < 1.29 is 14.0 Å². The second-order valence-electron chi connectivity index (χ2n) is 10.6. The van der Waals surface area contributed by atoms with Crippen molar-refractivity contribution in [1.82, 2.24) is 19.6 Å². The number of aryl methyl sites for hydroxylation is 1. The van der Waals surface area contributed by atoms with E-state index < -0.39 is 0 Å². The van der Waals surface area contributed by atoms with E-state index in [1.165, 1.54) is 6.07 Å². The lowest BCUT2D eigenvalue weighted by atomic mass is 9.88. The summed E-state index contributed by atoms with van der Waals surface area (Å²) in [5.41, 5.74) is 2.69. The summed E-state index contributed by atoms with van der Waals surface area (Å²) in [7, 11) is 1.79. The van der Waals surface area contributed by atoms with Crippen LogP contribution in [-0.4, -0.2) is 76.8 Å². The minimum Gasteiger partial charge on any atom is -0.337 e. The van der Waals surface area contributed by atoms with Crippen molar-refractivity contribution >= 4 is 35.1 Å². The molecule has 3 amide bonds. The second kappa shape index (κ2) is 10.8. The van der Waals surface area contributed by atoms with E-state index in [0.717, 1.165) is 55.6 Å². The predicted octanol–water partition coefficient (Wildman–Crippen LogP) is 5.51. The Morgan fingerprint density at radius 1 is 1.05 bits per heavy atom. The van der Waals surface area contributed by atoms with Crippen molar-refractivity contribution in [3.8, 4) is 0 Å². The molecule has 6 nitrogen and oxygen atoms in total. The molecule has 198 valence electrons.